The summed E-state index contributed by atoms with van der Waals surface area (Å²) in [6.07, 6.45) is 0. The fourth-order valence-electron chi connectivity index (χ4n) is 2.86. The van der Waals surface area contributed by atoms with Crippen LogP contribution in [0.3, 0.4) is 0 Å². The number of aryl methyl sites for hydroxylation is 1. The summed E-state index contributed by atoms with van der Waals surface area (Å²) in [6, 6.07) is 19.5. The molecule has 1 amide bonds. The molecule has 4 aromatic rings. The molecule has 30 heavy (non-hydrogen) atoms. The van der Waals surface area contributed by atoms with Crippen molar-refractivity contribution in [1.82, 2.24) is 14.8 Å². The van der Waals surface area contributed by atoms with Crippen molar-refractivity contribution in [1.29, 1.82) is 0 Å². The number of benzene rings is 3. The highest BCUT2D eigenvalue weighted by Crippen LogP contribution is 2.25. The molecule has 0 fully saturated rings. The first kappa shape index (κ1) is 20.4. The van der Waals surface area contributed by atoms with Crippen LogP contribution in [0.15, 0.2) is 66.7 Å². The molecule has 0 aliphatic heterocycles. The fraction of sp³-hybridized carbons (Fsp3) is 0.0455. The zero-order chi connectivity index (χ0) is 21.3. The number of rotatable bonds is 4. The van der Waals surface area contributed by atoms with E-state index in [1.165, 1.54) is 0 Å². The van der Waals surface area contributed by atoms with Gasteiger partial charge < -0.3 is 5.32 Å². The van der Waals surface area contributed by atoms with Crippen molar-refractivity contribution in [3.63, 3.8) is 0 Å². The van der Waals surface area contributed by atoms with Gasteiger partial charge in [-0.05, 0) is 73.2 Å². The molecule has 1 N–H and O–H groups in total. The summed E-state index contributed by atoms with van der Waals surface area (Å²) in [5.41, 5.74) is 2.96. The molecule has 1 aromatic heterocycles. The SMILES string of the molecule is Cc1ccc(Cl)cc1NC(=O)c1nc(-c2ccc(Cl)cc2)n(-c2ccc(Cl)cc2)n1. The van der Waals surface area contributed by atoms with Gasteiger partial charge in [-0.2, -0.15) is 0 Å². The number of carbonyl (C=O) groups excluding carboxylic acids is 1. The molecule has 0 spiro atoms. The lowest BCUT2D eigenvalue weighted by atomic mass is 10.2. The van der Waals surface area contributed by atoms with E-state index in [0.29, 0.717) is 26.6 Å². The van der Waals surface area contributed by atoms with E-state index in [0.717, 1.165) is 16.8 Å². The number of carbonyl (C=O) groups is 1. The zero-order valence-corrected chi connectivity index (χ0v) is 18.0. The predicted molar refractivity (Wildman–Crippen MR) is 121 cm³/mol. The third-order valence-corrected chi connectivity index (χ3v) is 5.17. The smallest absolute Gasteiger partial charge is 0.295 e. The van der Waals surface area contributed by atoms with Crippen LogP contribution in [0.1, 0.15) is 16.2 Å². The summed E-state index contributed by atoms with van der Waals surface area (Å²) in [5.74, 6) is 0.0829. The lowest BCUT2D eigenvalue weighted by Gasteiger charge is -2.07. The number of nitrogens with one attached hydrogen (secondary N) is 1. The number of aromatic nitrogens is 3. The number of hydrogen-bond donors (Lipinski definition) is 1. The monoisotopic (exact) mass is 456 g/mol. The molecule has 4 rings (SSSR count). The van der Waals surface area contributed by atoms with Crippen LogP contribution in [0.5, 0.6) is 0 Å². The van der Waals surface area contributed by atoms with Crippen LogP contribution in [-0.2, 0) is 0 Å². The summed E-state index contributed by atoms with van der Waals surface area (Å²) in [4.78, 5) is 17.4. The maximum atomic E-state index is 12.9. The van der Waals surface area contributed by atoms with Crippen molar-refractivity contribution in [2.75, 3.05) is 5.32 Å². The van der Waals surface area contributed by atoms with E-state index in [-0.39, 0.29) is 5.82 Å². The number of hydrogen-bond acceptors (Lipinski definition) is 3. The largest absolute Gasteiger partial charge is 0.319 e. The Labute approximate surface area is 188 Å². The summed E-state index contributed by atoms with van der Waals surface area (Å²) in [6.45, 7) is 1.88. The van der Waals surface area contributed by atoms with E-state index in [1.807, 2.05) is 25.1 Å². The van der Waals surface area contributed by atoms with Crippen LogP contribution in [0.2, 0.25) is 15.1 Å². The number of amides is 1. The maximum Gasteiger partial charge on any atom is 0.295 e. The van der Waals surface area contributed by atoms with E-state index in [2.05, 4.69) is 15.4 Å². The van der Waals surface area contributed by atoms with Crippen LogP contribution < -0.4 is 5.32 Å². The molecule has 3 aromatic carbocycles. The summed E-state index contributed by atoms with van der Waals surface area (Å²) < 4.78 is 1.60. The van der Waals surface area contributed by atoms with Gasteiger partial charge in [0.15, 0.2) is 5.82 Å². The minimum atomic E-state index is -0.441. The molecule has 0 bridgehead atoms. The second-order valence-corrected chi connectivity index (χ2v) is 7.88. The van der Waals surface area contributed by atoms with Crippen LogP contribution >= 0.6 is 34.8 Å². The van der Waals surface area contributed by atoms with Crippen molar-refractivity contribution in [2.45, 2.75) is 6.92 Å². The van der Waals surface area contributed by atoms with Gasteiger partial charge in [-0.25, -0.2) is 9.67 Å². The van der Waals surface area contributed by atoms with Crippen molar-refractivity contribution in [3.8, 4) is 17.1 Å². The van der Waals surface area contributed by atoms with E-state index >= 15 is 0 Å². The zero-order valence-electron chi connectivity index (χ0n) is 15.7. The van der Waals surface area contributed by atoms with Crippen LogP contribution in [0.4, 0.5) is 5.69 Å². The minimum absolute atomic E-state index is 0.0225. The Morgan fingerprint density at radius 1 is 0.867 bits per heavy atom. The molecular formula is C22H15Cl3N4O. The van der Waals surface area contributed by atoms with E-state index < -0.39 is 5.91 Å². The third-order valence-electron chi connectivity index (χ3n) is 4.43. The number of anilines is 1. The topological polar surface area (TPSA) is 59.8 Å². The number of halogens is 3. The Balaban J connectivity index is 1.76. The molecule has 150 valence electrons. The lowest BCUT2D eigenvalue weighted by Crippen LogP contribution is -2.15. The molecule has 0 aliphatic carbocycles. The maximum absolute atomic E-state index is 12.9. The highest BCUT2D eigenvalue weighted by molar-refractivity contribution is 6.31. The quantitative estimate of drug-likeness (QED) is 0.383. The first-order chi connectivity index (χ1) is 14.4. The van der Waals surface area contributed by atoms with Crippen LogP contribution in [-0.4, -0.2) is 20.7 Å². The van der Waals surface area contributed by atoms with Gasteiger partial charge in [-0.3, -0.25) is 4.79 Å². The van der Waals surface area contributed by atoms with E-state index in [9.17, 15) is 4.79 Å². The standard InChI is InChI=1S/C22H15Cl3N4O/c1-13-2-5-17(25)12-19(13)26-22(30)20-27-21(14-3-6-15(23)7-4-14)29(28-20)18-10-8-16(24)9-11-18/h2-12H,1H3,(H,26,30). The van der Waals surface area contributed by atoms with E-state index in [1.54, 1.807) is 53.2 Å². The molecule has 0 atom stereocenters. The van der Waals surface area contributed by atoms with Gasteiger partial charge in [0.2, 0.25) is 5.82 Å². The fourth-order valence-corrected chi connectivity index (χ4v) is 3.29. The average molecular weight is 458 g/mol. The second-order valence-electron chi connectivity index (χ2n) is 6.57. The first-order valence-electron chi connectivity index (χ1n) is 8.97. The molecule has 0 unspecified atom stereocenters. The van der Waals surface area contributed by atoms with Gasteiger partial charge in [0.1, 0.15) is 0 Å². The molecule has 0 radical (unpaired) electrons. The second kappa shape index (κ2) is 8.48. The predicted octanol–water partition coefficient (Wildman–Crippen LogP) is 6.46. The average Bonchev–Trinajstić information content (AvgIpc) is 3.17. The molecule has 5 nitrogen and oxygen atoms in total. The molecule has 1 heterocycles. The van der Waals surface area contributed by atoms with Crippen molar-refractivity contribution < 1.29 is 4.79 Å². The Hall–Kier alpha value is -2.86. The lowest BCUT2D eigenvalue weighted by molar-refractivity contribution is 0.101. The molecule has 0 saturated carbocycles. The van der Waals surface area contributed by atoms with Crippen LogP contribution in [0.25, 0.3) is 17.1 Å². The van der Waals surface area contributed by atoms with Crippen molar-refractivity contribution >= 4 is 46.4 Å². The normalized spacial score (nSPS) is 10.8. The third kappa shape index (κ3) is 4.33. The van der Waals surface area contributed by atoms with Gasteiger partial charge in [0, 0.05) is 26.3 Å². The highest BCUT2D eigenvalue weighted by atomic mass is 35.5. The molecule has 0 saturated heterocycles. The molecular weight excluding hydrogens is 443 g/mol. The molecule has 8 heteroatoms. The van der Waals surface area contributed by atoms with Gasteiger partial charge in [-0.15, -0.1) is 5.10 Å². The Morgan fingerprint density at radius 3 is 2.13 bits per heavy atom. The van der Waals surface area contributed by atoms with Crippen molar-refractivity contribution in [3.05, 3.63) is 93.2 Å². The summed E-state index contributed by atoms with van der Waals surface area (Å²) in [5, 5.41) is 8.99. The Bertz CT molecular complexity index is 1160. The van der Waals surface area contributed by atoms with Gasteiger partial charge >= 0.3 is 0 Å². The van der Waals surface area contributed by atoms with E-state index in [4.69, 9.17) is 34.8 Å². The van der Waals surface area contributed by atoms with Gasteiger partial charge in [-0.1, -0.05) is 40.9 Å². The van der Waals surface area contributed by atoms with Crippen LogP contribution in [0, 0.1) is 6.92 Å². The minimum Gasteiger partial charge on any atom is -0.319 e. The summed E-state index contributed by atoms with van der Waals surface area (Å²) >= 11 is 18.1. The highest BCUT2D eigenvalue weighted by Gasteiger charge is 2.19. The van der Waals surface area contributed by atoms with Gasteiger partial charge in [0.25, 0.3) is 5.91 Å². The van der Waals surface area contributed by atoms with Crippen molar-refractivity contribution in [2.24, 2.45) is 0 Å². The Morgan fingerprint density at radius 2 is 1.47 bits per heavy atom. The number of nitrogens with zero attached hydrogens (tertiary/aromatic N) is 3. The van der Waals surface area contributed by atoms with Gasteiger partial charge in [0.05, 0.1) is 5.69 Å². The first-order valence-corrected chi connectivity index (χ1v) is 10.1. The molecule has 0 aliphatic rings. The summed E-state index contributed by atoms with van der Waals surface area (Å²) in [7, 11) is 0. The Kier molecular flexibility index (Phi) is 5.77.